The smallest absolute Gasteiger partial charge is 0.403 e. The molecule has 3 rings (SSSR count). The van der Waals surface area contributed by atoms with Gasteiger partial charge in [-0.25, -0.2) is 0 Å². The van der Waals surface area contributed by atoms with Crippen molar-refractivity contribution < 1.29 is 37.1 Å². The number of benzene rings is 1. The van der Waals surface area contributed by atoms with Crippen molar-refractivity contribution in [1.82, 2.24) is 20.4 Å². The molecule has 2 heterocycles. The van der Waals surface area contributed by atoms with Gasteiger partial charge < -0.3 is 25.2 Å². The number of carbonyl (C=O) groups excluding carboxylic acids is 4. The summed E-state index contributed by atoms with van der Waals surface area (Å²) in [7, 11) is 0. The molecule has 0 spiro atoms. The number of nitrogens with one attached hydrogen (secondary N) is 3. The Bertz CT molecular complexity index is 1280. The van der Waals surface area contributed by atoms with Crippen LogP contribution in [-0.4, -0.2) is 84.0 Å². The molecular formula is C37H56F3N5O5. The summed E-state index contributed by atoms with van der Waals surface area (Å²) in [5, 5.41) is 8.18. The van der Waals surface area contributed by atoms with E-state index in [2.05, 4.69) is 27.4 Å². The van der Waals surface area contributed by atoms with Crippen molar-refractivity contribution in [2.75, 3.05) is 31.5 Å². The van der Waals surface area contributed by atoms with Crippen molar-refractivity contribution in [3.63, 3.8) is 0 Å². The molecule has 0 saturated carbocycles. The molecule has 1 aromatic rings. The number of ether oxygens (including phenoxy) is 1. The van der Waals surface area contributed by atoms with Gasteiger partial charge in [0.15, 0.2) is 0 Å². The molecule has 2 aliphatic rings. The van der Waals surface area contributed by atoms with Crippen LogP contribution < -0.4 is 16.0 Å². The van der Waals surface area contributed by atoms with E-state index >= 15 is 0 Å². The van der Waals surface area contributed by atoms with E-state index < -0.39 is 48.0 Å². The van der Waals surface area contributed by atoms with Gasteiger partial charge in [-0.1, -0.05) is 58.7 Å². The number of hydrogen-bond acceptors (Lipinski definition) is 7. The normalized spacial score (nSPS) is 19.0. The second kappa shape index (κ2) is 19.8. The van der Waals surface area contributed by atoms with Gasteiger partial charge in [-0.15, -0.1) is 0 Å². The van der Waals surface area contributed by atoms with E-state index in [-0.39, 0.29) is 31.3 Å². The van der Waals surface area contributed by atoms with Gasteiger partial charge in [0.2, 0.25) is 17.7 Å². The minimum Gasteiger partial charge on any atom is -0.461 e. The van der Waals surface area contributed by atoms with E-state index in [9.17, 15) is 32.3 Å². The third kappa shape index (κ3) is 13.4. The van der Waals surface area contributed by atoms with Crippen molar-refractivity contribution in [1.29, 1.82) is 0 Å². The molecule has 4 atom stereocenters. The van der Waals surface area contributed by atoms with Crippen LogP contribution in [0, 0.1) is 11.8 Å². The summed E-state index contributed by atoms with van der Waals surface area (Å²) in [6, 6.07) is 2.67. The summed E-state index contributed by atoms with van der Waals surface area (Å²) in [5.41, 5.74) is 1.96. The zero-order valence-corrected chi connectivity index (χ0v) is 30.1. The molecule has 3 N–H and O–H groups in total. The summed E-state index contributed by atoms with van der Waals surface area (Å²) in [5.74, 6) is -1.95. The van der Waals surface area contributed by atoms with E-state index in [1.54, 1.807) is 43.0 Å². The van der Waals surface area contributed by atoms with Crippen LogP contribution in [0.3, 0.4) is 0 Å². The first-order valence-electron chi connectivity index (χ1n) is 18.0. The van der Waals surface area contributed by atoms with Crippen LogP contribution in [0.5, 0.6) is 0 Å². The highest BCUT2D eigenvalue weighted by Crippen LogP contribution is 2.29. The first-order valence-corrected chi connectivity index (χ1v) is 18.0. The van der Waals surface area contributed by atoms with Crippen molar-refractivity contribution in [2.24, 2.45) is 11.8 Å². The van der Waals surface area contributed by atoms with Gasteiger partial charge in [0.25, 0.3) is 0 Å². The number of esters is 1. The molecule has 3 amide bonds. The monoisotopic (exact) mass is 707 g/mol. The van der Waals surface area contributed by atoms with Gasteiger partial charge in [-0.2, -0.15) is 13.2 Å². The second-order valence-electron chi connectivity index (χ2n) is 14.0. The number of rotatable bonds is 19. The predicted octanol–water partition coefficient (Wildman–Crippen LogP) is 5.93. The lowest BCUT2D eigenvalue weighted by molar-refractivity contribution is -0.161. The molecule has 0 radical (unpaired) electrons. The highest BCUT2D eigenvalue weighted by atomic mass is 19.4. The van der Waals surface area contributed by atoms with Crippen molar-refractivity contribution in [3.8, 4) is 0 Å². The van der Waals surface area contributed by atoms with Crippen LogP contribution in [0.15, 0.2) is 36.5 Å². The van der Waals surface area contributed by atoms with E-state index in [4.69, 9.17) is 4.74 Å². The Morgan fingerprint density at radius 3 is 2.22 bits per heavy atom. The summed E-state index contributed by atoms with van der Waals surface area (Å²) in [6.45, 7) is 13.8. The zero-order valence-electron chi connectivity index (χ0n) is 30.1. The lowest BCUT2D eigenvalue weighted by atomic mass is 9.99. The molecule has 280 valence electrons. The fourth-order valence-corrected chi connectivity index (χ4v) is 6.44. The van der Waals surface area contributed by atoms with Crippen LogP contribution in [0.25, 0.3) is 0 Å². The average Bonchev–Trinajstić information content (AvgIpc) is 3.30. The predicted molar refractivity (Wildman–Crippen MR) is 187 cm³/mol. The SMILES string of the molecule is C=C1C(C)CC(=O)N1CCCCC[C@@H](N[C@H](C(=O)N[C@@H](CCCN1CCCCC1)C(=O)Nc1ccc(COC(C)=O)cc1)C(C)C)C(F)(F)F. The van der Waals surface area contributed by atoms with E-state index in [0.717, 1.165) is 43.7 Å². The van der Waals surface area contributed by atoms with Crippen molar-refractivity contribution in [3.05, 3.63) is 42.1 Å². The Balaban J connectivity index is 1.63. The molecule has 2 saturated heterocycles. The molecule has 13 heteroatoms. The first kappa shape index (κ1) is 41.0. The summed E-state index contributed by atoms with van der Waals surface area (Å²) < 4.78 is 47.8. The maximum atomic E-state index is 14.2. The zero-order chi connectivity index (χ0) is 36.8. The van der Waals surface area contributed by atoms with Gasteiger partial charge in [0.1, 0.15) is 18.7 Å². The standard InChI is InChI=1S/C37H56F3N5O5/c1-25(2)34(43-32(37(38,39)40)14-8-6-11-22-45-27(4)26(3)23-33(45)47)36(49)42-31(13-12-21-44-19-9-7-10-20-44)35(48)41-30-17-15-29(16-18-30)24-50-28(5)46/h15-18,25-26,31-32,34,43H,4,6-14,19-24H2,1-3,5H3,(H,41,48)(H,42,49)/t26?,31-,32+,34-/m0/s1. The fraction of sp³-hybridized carbons (Fsp3) is 0.676. The lowest BCUT2D eigenvalue weighted by Gasteiger charge is -2.31. The number of nitrogens with zero attached hydrogens (tertiary/aromatic N) is 2. The maximum absolute atomic E-state index is 14.2. The molecule has 0 aliphatic carbocycles. The molecule has 1 unspecified atom stereocenters. The first-order chi connectivity index (χ1) is 23.6. The number of carbonyl (C=O) groups is 4. The molecule has 1 aromatic carbocycles. The fourth-order valence-electron chi connectivity index (χ4n) is 6.44. The van der Waals surface area contributed by atoms with E-state index in [0.29, 0.717) is 44.3 Å². The number of piperidine rings is 1. The molecule has 2 fully saturated rings. The lowest BCUT2D eigenvalue weighted by Crippen LogP contribution is -2.58. The molecule has 2 aliphatic heterocycles. The Hall–Kier alpha value is -3.45. The average molecular weight is 708 g/mol. The maximum Gasteiger partial charge on any atom is 0.403 e. The molecule has 0 bridgehead atoms. The van der Waals surface area contributed by atoms with Crippen molar-refractivity contribution >= 4 is 29.4 Å². The molecule has 0 aromatic heterocycles. The van der Waals surface area contributed by atoms with Crippen LogP contribution in [0.4, 0.5) is 18.9 Å². The quantitative estimate of drug-likeness (QED) is 0.121. The Morgan fingerprint density at radius 1 is 0.960 bits per heavy atom. The number of allylic oxidation sites excluding steroid dienone is 1. The number of halogens is 3. The third-order valence-corrected chi connectivity index (χ3v) is 9.51. The topological polar surface area (TPSA) is 120 Å². The van der Waals surface area contributed by atoms with Crippen LogP contribution in [0.2, 0.25) is 0 Å². The van der Waals surface area contributed by atoms with Gasteiger partial charge in [-0.3, -0.25) is 24.5 Å². The Morgan fingerprint density at radius 2 is 1.64 bits per heavy atom. The molecule has 10 nitrogen and oxygen atoms in total. The highest BCUT2D eigenvalue weighted by molar-refractivity contribution is 5.97. The number of alkyl halides is 3. The van der Waals surface area contributed by atoms with E-state index in [1.165, 1.54) is 13.3 Å². The van der Waals surface area contributed by atoms with Gasteiger partial charge in [0, 0.05) is 37.2 Å². The summed E-state index contributed by atoms with van der Waals surface area (Å²) in [4.78, 5) is 54.4. The van der Waals surface area contributed by atoms with Gasteiger partial charge in [0.05, 0.1) is 6.04 Å². The van der Waals surface area contributed by atoms with Crippen LogP contribution in [-0.2, 0) is 30.5 Å². The van der Waals surface area contributed by atoms with Crippen molar-refractivity contribution in [2.45, 2.75) is 123 Å². The molecular weight excluding hydrogens is 651 g/mol. The van der Waals surface area contributed by atoms with Gasteiger partial charge >= 0.3 is 12.1 Å². The Kier molecular flexibility index (Phi) is 16.2. The second-order valence-corrected chi connectivity index (χ2v) is 14.0. The number of hydrogen-bond donors (Lipinski definition) is 3. The van der Waals surface area contributed by atoms with Gasteiger partial charge in [-0.05, 0) is 81.8 Å². The minimum atomic E-state index is -4.59. The van der Waals surface area contributed by atoms with Crippen LogP contribution >= 0.6 is 0 Å². The Labute approximate surface area is 294 Å². The molecule has 50 heavy (non-hydrogen) atoms. The largest absolute Gasteiger partial charge is 0.461 e. The third-order valence-electron chi connectivity index (χ3n) is 9.51. The number of anilines is 1. The number of amides is 3. The minimum absolute atomic E-state index is 0.00393. The number of likely N-dealkylation sites (tertiary alicyclic amines) is 2. The van der Waals surface area contributed by atoms with Crippen LogP contribution in [0.1, 0.15) is 97.5 Å². The summed E-state index contributed by atoms with van der Waals surface area (Å²) in [6.07, 6.45) is 1.26. The highest BCUT2D eigenvalue weighted by Gasteiger charge is 2.42. The van der Waals surface area contributed by atoms with E-state index in [1.807, 2.05) is 6.92 Å². The summed E-state index contributed by atoms with van der Waals surface area (Å²) >= 11 is 0. The number of unbranched alkanes of at least 4 members (excludes halogenated alkanes) is 2.